The average Bonchev–Trinajstić information content (AvgIpc) is 2.66. The Balaban J connectivity index is 1.91. The molecule has 2 aromatic carbocycles. The number of hydrogen-bond donors (Lipinski definition) is 2. The Morgan fingerprint density at radius 2 is 2.00 bits per heavy atom. The molecule has 0 saturated carbocycles. The number of nitrogens with zero attached hydrogens (tertiary/aromatic N) is 1. The van der Waals surface area contributed by atoms with E-state index in [-0.39, 0.29) is 17.3 Å². The Morgan fingerprint density at radius 1 is 1.29 bits per heavy atom. The van der Waals surface area contributed by atoms with Crippen molar-refractivity contribution in [2.75, 3.05) is 0 Å². The number of nitrogens with one attached hydrogen (secondary N) is 2. The minimum Gasteiger partial charge on any atom is -0.457 e. The molecule has 0 amide bonds. The van der Waals surface area contributed by atoms with Crippen molar-refractivity contribution in [2.24, 2.45) is 0 Å². The zero-order valence-corrected chi connectivity index (χ0v) is 16.3. The summed E-state index contributed by atoms with van der Waals surface area (Å²) >= 11 is 11.1. The van der Waals surface area contributed by atoms with Crippen molar-refractivity contribution < 1.29 is 14.5 Å². The van der Waals surface area contributed by atoms with Crippen LogP contribution in [0.3, 0.4) is 0 Å². The third-order valence-corrected chi connectivity index (χ3v) is 4.74. The van der Waals surface area contributed by atoms with Crippen molar-refractivity contribution in [1.82, 2.24) is 10.6 Å². The summed E-state index contributed by atoms with van der Waals surface area (Å²) in [6.45, 7) is 1.80. The Hall–Kier alpha value is -2.97. The second kappa shape index (κ2) is 8.37. The van der Waals surface area contributed by atoms with Gasteiger partial charge in [0, 0.05) is 11.8 Å². The molecule has 0 saturated heterocycles. The number of nitro benzene ring substituents is 1. The van der Waals surface area contributed by atoms with E-state index < -0.39 is 16.9 Å². The smallest absolute Gasteiger partial charge is 0.338 e. The number of thiocarbonyl (C=S) groups is 1. The third kappa shape index (κ3) is 4.29. The van der Waals surface area contributed by atoms with E-state index in [1.165, 1.54) is 12.1 Å². The molecule has 1 aliphatic heterocycles. The largest absolute Gasteiger partial charge is 0.457 e. The fourth-order valence-electron chi connectivity index (χ4n) is 2.86. The lowest BCUT2D eigenvalue weighted by molar-refractivity contribution is -0.384. The van der Waals surface area contributed by atoms with Crippen molar-refractivity contribution in [3.63, 3.8) is 0 Å². The van der Waals surface area contributed by atoms with Gasteiger partial charge in [0.2, 0.25) is 0 Å². The Kier molecular flexibility index (Phi) is 5.91. The molecule has 0 radical (unpaired) electrons. The van der Waals surface area contributed by atoms with E-state index in [0.717, 1.165) is 5.56 Å². The highest BCUT2D eigenvalue weighted by Gasteiger charge is 2.32. The predicted molar refractivity (Wildman–Crippen MR) is 109 cm³/mol. The predicted octanol–water partition coefficient (Wildman–Crippen LogP) is 3.78. The molecule has 0 aliphatic carbocycles. The van der Waals surface area contributed by atoms with Gasteiger partial charge in [-0.15, -0.1) is 0 Å². The Bertz CT molecular complexity index is 978. The average molecular weight is 418 g/mol. The van der Waals surface area contributed by atoms with Crippen molar-refractivity contribution >= 4 is 40.6 Å². The molecule has 2 N–H and O–H groups in total. The number of rotatable bonds is 5. The summed E-state index contributed by atoms with van der Waals surface area (Å²) in [6, 6.07) is 12.9. The third-order valence-electron chi connectivity index (χ3n) is 4.20. The number of hydrogen-bond acceptors (Lipinski definition) is 5. The van der Waals surface area contributed by atoms with Gasteiger partial charge < -0.3 is 15.4 Å². The molecule has 2 aromatic rings. The maximum absolute atomic E-state index is 12.8. The zero-order valence-electron chi connectivity index (χ0n) is 14.8. The minimum atomic E-state index is -0.701. The molecule has 28 heavy (non-hydrogen) atoms. The topological polar surface area (TPSA) is 93.5 Å². The van der Waals surface area contributed by atoms with Crippen LogP contribution in [0.25, 0.3) is 0 Å². The molecule has 9 heteroatoms. The normalized spacial score (nSPS) is 16.2. The summed E-state index contributed by atoms with van der Waals surface area (Å²) < 4.78 is 5.45. The molecule has 1 heterocycles. The fourth-order valence-corrected chi connectivity index (χ4v) is 3.32. The van der Waals surface area contributed by atoms with Crippen LogP contribution in [0.15, 0.2) is 59.8 Å². The molecule has 1 atom stereocenters. The van der Waals surface area contributed by atoms with Gasteiger partial charge in [0.1, 0.15) is 11.6 Å². The van der Waals surface area contributed by atoms with Crippen molar-refractivity contribution in [3.05, 3.63) is 86.1 Å². The van der Waals surface area contributed by atoms with E-state index >= 15 is 0 Å². The molecule has 0 bridgehead atoms. The van der Waals surface area contributed by atoms with Gasteiger partial charge >= 0.3 is 5.97 Å². The maximum atomic E-state index is 12.8. The van der Waals surface area contributed by atoms with E-state index in [1.807, 2.05) is 30.3 Å². The summed E-state index contributed by atoms with van der Waals surface area (Å²) in [4.78, 5) is 23.4. The van der Waals surface area contributed by atoms with Gasteiger partial charge in [0.15, 0.2) is 5.11 Å². The summed E-state index contributed by atoms with van der Waals surface area (Å²) in [5.74, 6) is -0.550. The first-order chi connectivity index (χ1) is 13.4. The molecule has 7 nitrogen and oxygen atoms in total. The van der Waals surface area contributed by atoms with Crippen molar-refractivity contribution in [3.8, 4) is 0 Å². The van der Waals surface area contributed by atoms with Crippen LogP contribution in [-0.4, -0.2) is 16.0 Å². The highest BCUT2D eigenvalue weighted by atomic mass is 35.5. The highest BCUT2D eigenvalue weighted by Crippen LogP contribution is 2.33. The summed E-state index contributed by atoms with van der Waals surface area (Å²) in [5.41, 5.74) is 1.89. The van der Waals surface area contributed by atoms with Crippen molar-refractivity contribution in [2.45, 2.75) is 19.6 Å². The number of carbonyl (C=O) groups is 1. The van der Waals surface area contributed by atoms with Crippen LogP contribution in [0, 0.1) is 10.1 Å². The number of ether oxygens (including phenoxy) is 1. The van der Waals surface area contributed by atoms with Gasteiger partial charge in [-0.25, -0.2) is 4.79 Å². The molecule has 1 aliphatic rings. The number of carbonyl (C=O) groups excluding carboxylic acids is 1. The number of esters is 1. The summed E-state index contributed by atoms with van der Waals surface area (Å²) in [5, 5.41) is 17.4. The molecular formula is C19H16ClN3O4S. The van der Waals surface area contributed by atoms with Crippen LogP contribution >= 0.6 is 23.8 Å². The lowest BCUT2D eigenvalue weighted by atomic mass is 9.95. The van der Waals surface area contributed by atoms with E-state index in [0.29, 0.717) is 21.9 Å². The zero-order chi connectivity index (χ0) is 20.3. The van der Waals surface area contributed by atoms with E-state index in [9.17, 15) is 14.9 Å². The van der Waals surface area contributed by atoms with Gasteiger partial charge in [-0.1, -0.05) is 48.0 Å². The van der Waals surface area contributed by atoms with Crippen LogP contribution in [0.1, 0.15) is 24.1 Å². The number of nitro groups is 1. The van der Waals surface area contributed by atoms with Gasteiger partial charge in [-0.05, 0) is 36.3 Å². The fraction of sp³-hybridized carbons (Fsp3) is 0.158. The highest BCUT2D eigenvalue weighted by molar-refractivity contribution is 7.80. The number of halogens is 1. The molecule has 3 rings (SSSR count). The summed E-state index contributed by atoms with van der Waals surface area (Å²) in [7, 11) is 0. The van der Waals surface area contributed by atoms with Gasteiger partial charge in [0.25, 0.3) is 5.69 Å². The van der Waals surface area contributed by atoms with Crippen LogP contribution < -0.4 is 10.6 Å². The van der Waals surface area contributed by atoms with Crippen molar-refractivity contribution in [1.29, 1.82) is 0 Å². The lowest BCUT2D eigenvalue weighted by Gasteiger charge is -2.29. The number of benzene rings is 2. The van der Waals surface area contributed by atoms with E-state index in [1.54, 1.807) is 13.0 Å². The summed E-state index contributed by atoms with van der Waals surface area (Å²) in [6.07, 6.45) is 0. The molecule has 0 spiro atoms. The number of allylic oxidation sites excluding steroid dienone is 1. The van der Waals surface area contributed by atoms with E-state index in [4.69, 9.17) is 28.6 Å². The van der Waals surface area contributed by atoms with Gasteiger partial charge in [0.05, 0.1) is 16.5 Å². The molecular weight excluding hydrogens is 402 g/mol. The Morgan fingerprint density at radius 3 is 2.68 bits per heavy atom. The molecule has 144 valence electrons. The van der Waals surface area contributed by atoms with Gasteiger partial charge in [-0.3, -0.25) is 10.1 Å². The lowest BCUT2D eigenvalue weighted by Crippen LogP contribution is -2.45. The quantitative estimate of drug-likeness (QED) is 0.331. The van der Waals surface area contributed by atoms with Crippen LogP contribution in [0.4, 0.5) is 5.69 Å². The maximum Gasteiger partial charge on any atom is 0.338 e. The molecule has 0 aromatic heterocycles. The molecule has 0 unspecified atom stereocenters. The first kappa shape index (κ1) is 19.8. The molecule has 0 fully saturated rings. The standard InChI is InChI=1S/C19H16ClN3O4S/c1-11-16(18(24)27-10-12-5-3-2-4-6-12)17(22-19(28)21-11)13-7-8-14(20)15(9-13)23(25)26/h2-9,17H,10H2,1H3,(H2,21,22,28)/t17-/m1/s1. The van der Waals surface area contributed by atoms with Crippen LogP contribution in [0.2, 0.25) is 5.02 Å². The van der Waals surface area contributed by atoms with Crippen LogP contribution in [-0.2, 0) is 16.1 Å². The minimum absolute atomic E-state index is 0.0131. The second-order valence-electron chi connectivity index (χ2n) is 6.10. The van der Waals surface area contributed by atoms with E-state index in [2.05, 4.69) is 10.6 Å². The monoisotopic (exact) mass is 417 g/mol. The van der Waals surface area contributed by atoms with Crippen LogP contribution in [0.5, 0.6) is 0 Å². The first-order valence-electron chi connectivity index (χ1n) is 8.30. The Labute approximate surface area is 171 Å². The van der Waals surface area contributed by atoms with Gasteiger partial charge in [-0.2, -0.15) is 0 Å². The SMILES string of the molecule is CC1=C(C(=O)OCc2ccccc2)[C@@H](c2ccc(Cl)c([N+](=O)[O-])c2)NC(=S)N1. The first-order valence-corrected chi connectivity index (χ1v) is 9.08. The second-order valence-corrected chi connectivity index (χ2v) is 6.92.